The highest BCUT2D eigenvalue weighted by molar-refractivity contribution is 5.07. The van der Waals surface area contributed by atoms with Crippen LogP contribution in [0.4, 0.5) is 0 Å². The van der Waals surface area contributed by atoms with E-state index < -0.39 is 0 Å². The van der Waals surface area contributed by atoms with Crippen LogP contribution in [0.3, 0.4) is 0 Å². The van der Waals surface area contributed by atoms with Crippen LogP contribution in [-0.4, -0.2) is 11.7 Å². The van der Waals surface area contributed by atoms with Crippen LogP contribution in [0.5, 0.6) is 0 Å². The molecule has 3 nitrogen and oxygen atoms in total. The third kappa shape index (κ3) is 1.87. The van der Waals surface area contributed by atoms with Crippen molar-refractivity contribution in [1.29, 1.82) is 0 Å². The molecule has 0 fully saturated rings. The third-order valence-electron chi connectivity index (χ3n) is 1.14. The molecule has 0 aliphatic rings. The maximum atomic E-state index is 5.22. The van der Waals surface area contributed by atoms with E-state index in [-0.39, 0.29) is 0 Å². The molecule has 0 radical (unpaired) electrons. The van der Waals surface area contributed by atoms with Crippen LogP contribution in [0.25, 0.3) is 0 Å². The Kier molecular flexibility index (Phi) is 2.30. The molecule has 0 unspecified atom stereocenters. The van der Waals surface area contributed by atoms with E-state index in [0.717, 1.165) is 6.54 Å². The first-order chi connectivity index (χ1) is 4.43. The first kappa shape index (κ1) is 6.32. The summed E-state index contributed by atoms with van der Waals surface area (Å²) in [4.78, 5) is 2.96. The molecule has 50 valence electrons. The van der Waals surface area contributed by atoms with Crippen molar-refractivity contribution in [2.75, 3.05) is 6.67 Å². The summed E-state index contributed by atoms with van der Waals surface area (Å²) in [6, 6.07) is 2.02. The van der Waals surface area contributed by atoms with Crippen molar-refractivity contribution in [1.82, 2.24) is 10.3 Å². The Bertz CT molecular complexity index is 145. The van der Waals surface area contributed by atoms with Crippen molar-refractivity contribution in [3.05, 3.63) is 24.0 Å². The highest BCUT2D eigenvalue weighted by Crippen LogP contribution is 1.93. The highest BCUT2D eigenvalue weighted by Gasteiger charge is 1.87. The maximum Gasteiger partial charge on any atom is 0.0431 e. The number of aromatic amines is 1. The lowest BCUT2D eigenvalue weighted by atomic mass is 10.3. The Hall–Kier alpha value is -0.800. The Morgan fingerprint density at radius 3 is 3.11 bits per heavy atom. The summed E-state index contributed by atoms with van der Waals surface area (Å²) < 4.78 is 0. The van der Waals surface area contributed by atoms with Gasteiger partial charge in [-0.15, -0.1) is 0 Å². The molecule has 0 bridgehead atoms. The quantitative estimate of drug-likeness (QED) is 0.499. The van der Waals surface area contributed by atoms with E-state index in [0.29, 0.717) is 6.67 Å². The second-order valence-electron chi connectivity index (χ2n) is 1.85. The fraction of sp³-hybridized carbons (Fsp3) is 0.333. The zero-order valence-electron chi connectivity index (χ0n) is 5.22. The second-order valence-corrected chi connectivity index (χ2v) is 1.85. The van der Waals surface area contributed by atoms with Crippen LogP contribution in [0.1, 0.15) is 5.56 Å². The summed E-state index contributed by atoms with van der Waals surface area (Å²) in [5.41, 5.74) is 6.46. The number of H-pyrrole nitrogens is 1. The molecular weight excluding hydrogens is 114 g/mol. The van der Waals surface area contributed by atoms with Gasteiger partial charge in [-0.2, -0.15) is 0 Å². The molecule has 1 aromatic rings. The summed E-state index contributed by atoms with van der Waals surface area (Å²) in [6.45, 7) is 1.38. The van der Waals surface area contributed by atoms with Crippen molar-refractivity contribution in [2.45, 2.75) is 6.54 Å². The minimum Gasteiger partial charge on any atom is -0.367 e. The standard InChI is InChI=1S/C6H11N3/c7-5-9-4-6-1-2-8-3-6/h1-3,8-9H,4-5,7H2. The molecule has 9 heavy (non-hydrogen) atoms. The summed E-state index contributed by atoms with van der Waals surface area (Å²) in [7, 11) is 0. The van der Waals surface area contributed by atoms with E-state index in [1.165, 1.54) is 5.56 Å². The van der Waals surface area contributed by atoms with Crippen LogP contribution in [0.15, 0.2) is 18.5 Å². The summed E-state index contributed by atoms with van der Waals surface area (Å²) in [5.74, 6) is 0. The average molecular weight is 125 g/mol. The molecule has 1 heterocycles. The lowest BCUT2D eigenvalue weighted by Gasteiger charge is -1.95. The van der Waals surface area contributed by atoms with E-state index >= 15 is 0 Å². The van der Waals surface area contributed by atoms with Gasteiger partial charge in [0.2, 0.25) is 0 Å². The van der Waals surface area contributed by atoms with Gasteiger partial charge in [0.25, 0.3) is 0 Å². The van der Waals surface area contributed by atoms with Crippen LogP contribution in [-0.2, 0) is 6.54 Å². The average Bonchev–Trinajstić information content (AvgIpc) is 2.34. The van der Waals surface area contributed by atoms with Gasteiger partial charge in [0, 0.05) is 25.6 Å². The zero-order valence-corrected chi connectivity index (χ0v) is 5.22. The fourth-order valence-electron chi connectivity index (χ4n) is 0.685. The zero-order chi connectivity index (χ0) is 6.53. The van der Waals surface area contributed by atoms with Gasteiger partial charge < -0.3 is 16.0 Å². The molecule has 0 aromatic carbocycles. The van der Waals surface area contributed by atoms with Crippen LogP contribution >= 0.6 is 0 Å². The van der Waals surface area contributed by atoms with Gasteiger partial charge in [-0.25, -0.2) is 0 Å². The van der Waals surface area contributed by atoms with Gasteiger partial charge in [0.05, 0.1) is 0 Å². The predicted molar refractivity (Wildman–Crippen MR) is 36.7 cm³/mol. The van der Waals surface area contributed by atoms with Crippen molar-refractivity contribution in [3.8, 4) is 0 Å². The summed E-state index contributed by atoms with van der Waals surface area (Å²) in [5, 5.41) is 3.01. The number of hydrogen-bond donors (Lipinski definition) is 3. The van der Waals surface area contributed by atoms with Crippen LogP contribution < -0.4 is 11.1 Å². The molecule has 0 saturated carbocycles. The largest absolute Gasteiger partial charge is 0.367 e. The smallest absolute Gasteiger partial charge is 0.0431 e. The number of aromatic nitrogens is 1. The van der Waals surface area contributed by atoms with E-state index in [1.807, 2.05) is 18.5 Å². The molecule has 3 heteroatoms. The minimum absolute atomic E-state index is 0.533. The normalized spacial score (nSPS) is 9.89. The first-order valence-corrected chi connectivity index (χ1v) is 2.96. The monoisotopic (exact) mass is 125 g/mol. The number of hydrogen-bond acceptors (Lipinski definition) is 2. The lowest BCUT2D eigenvalue weighted by Crippen LogP contribution is -2.21. The molecule has 1 aromatic heterocycles. The number of nitrogens with one attached hydrogen (secondary N) is 2. The lowest BCUT2D eigenvalue weighted by molar-refractivity contribution is 0.709. The van der Waals surface area contributed by atoms with Crippen molar-refractivity contribution in [3.63, 3.8) is 0 Å². The van der Waals surface area contributed by atoms with Crippen molar-refractivity contribution in [2.24, 2.45) is 5.73 Å². The van der Waals surface area contributed by atoms with E-state index in [9.17, 15) is 0 Å². The molecule has 0 aliphatic heterocycles. The first-order valence-electron chi connectivity index (χ1n) is 2.96. The Balaban J connectivity index is 2.30. The van der Waals surface area contributed by atoms with Gasteiger partial charge >= 0.3 is 0 Å². The predicted octanol–water partition coefficient (Wildman–Crippen LogP) is 0.0205. The van der Waals surface area contributed by atoms with Crippen LogP contribution in [0.2, 0.25) is 0 Å². The van der Waals surface area contributed by atoms with E-state index in [2.05, 4.69) is 10.3 Å². The Labute approximate surface area is 54.3 Å². The molecule has 0 amide bonds. The fourth-order valence-corrected chi connectivity index (χ4v) is 0.685. The third-order valence-corrected chi connectivity index (χ3v) is 1.14. The Morgan fingerprint density at radius 1 is 1.67 bits per heavy atom. The van der Waals surface area contributed by atoms with Crippen molar-refractivity contribution >= 4 is 0 Å². The van der Waals surface area contributed by atoms with Gasteiger partial charge in [-0.1, -0.05) is 0 Å². The molecule has 0 saturated heterocycles. The molecule has 0 aliphatic carbocycles. The summed E-state index contributed by atoms with van der Waals surface area (Å²) >= 11 is 0. The molecular formula is C6H11N3. The van der Waals surface area contributed by atoms with E-state index in [4.69, 9.17) is 5.73 Å². The Morgan fingerprint density at radius 2 is 2.56 bits per heavy atom. The molecule has 0 atom stereocenters. The molecule has 1 rings (SSSR count). The van der Waals surface area contributed by atoms with Gasteiger partial charge in [-0.05, 0) is 11.6 Å². The number of rotatable bonds is 3. The number of nitrogens with two attached hydrogens (primary N) is 1. The van der Waals surface area contributed by atoms with Crippen LogP contribution in [0, 0.1) is 0 Å². The van der Waals surface area contributed by atoms with Gasteiger partial charge in [-0.3, -0.25) is 0 Å². The van der Waals surface area contributed by atoms with E-state index in [1.54, 1.807) is 0 Å². The van der Waals surface area contributed by atoms with Gasteiger partial charge in [0.15, 0.2) is 0 Å². The molecule has 4 N–H and O–H groups in total. The molecule has 0 spiro atoms. The van der Waals surface area contributed by atoms with Crippen molar-refractivity contribution < 1.29 is 0 Å². The highest BCUT2D eigenvalue weighted by atomic mass is 14.9. The summed E-state index contributed by atoms with van der Waals surface area (Å²) in [6.07, 6.45) is 3.84. The van der Waals surface area contributed by atoms with Gasteiger partial charge in [0.1, 0.15) is 0 Å². The minimum atomic E-state index is 0.533. The maximum absolute atomic E-state index is 5.22. The second kappa shape index (κ2) is 3.27. The topological polar surface area (TPSA) is 53.8 Å². The SMILES string of the molecule is NCNCc1cc[nH]c1.